The molecule has 0 aromatic carbocycles. The average molecular weight is 331 g/mol. The Balaban J connectivity index is 0. The van der Waals surface area contributed by atoms with Gasteiger partial charge in [-0.2, -0.15) is 0 Å². The van der Waals surface area contributed by atoms with E-state index in [4.69, 9.17) is 0 Å². The molecule has 11 heavy (non-hydrogen) atoms. The summed E-state index contributed by atoms with van der Waals surface area (Å²) in [6.45, 7) is 0. The molecule has 0 atom stereocenters. The van der Waals surface area contributed by atoms with E-state index in [9.17, 15) is 0 Å². The second kappa shape index (κ2) is 783. The van der Waals surface area contributed by atoms with Gasteiger partial charge in [0.25, 0.3) is 0 Å². The van der Waals surface area contributed by atoms with Crippen LogP contribution in [-0.2, 0) is 32.7 Å². The summed E-state index contributed by atoms with van der Waals surface area (Å²) in [6, 6.07) is 0. The number of hydrogen-bond donors (Lipinski definition) is 0. The molecule has 0 bridgehead atoms. The van der Waals surface area contributed by atoms with Gasteiger partial charge in [-0.15, -0.1) is 0 Å². The van der Waals surface area contributed by atoms with Crippen molar-refractivity contribution in [3.8, 4) is 0 Å². The Kier molecular flexibility index (Phi) is 73200. The van der Waals surface area contributed by atoms with Crippen molar-refractivity contribution in [1.82, 2.24) is 0 Å². The smallest absolute Gasteiger partial charge is 1.00 e. The molecular weight excluding hydrogens is 313 g/mol. The molecule has 0 saturated heterocycles. The first-order valence-corrected chi connectivity index (χ1v) is 0. The van der Waals surface area contributed by atoms with Crippen molar-refractivity contribution in [1.29, 1.82) is 0 Å². The van der Waals surface area contributed by atoms with Crippen LogP contribution in [0.4, 0.5) is 0 Å². The molecule has 0 radical (unpaired) electrons. The Bertz CT molecular complexity index is 9.52. The van der Waals surface area contributed by atoms with Crippen LogP contribution in [0, 0.1) is 0 Å². The van der Waals surface area contributed by atoms with E-state index in [2.05, 4.69) is 0 Å². The normalized spacial score (nSPS) is 0. The minimum Gasteiger partial charge on any atom is -1.00 e. The third-order valence-corrected chi connectivity index (χ3v) is 0. The second-order valence-electron chi connectivity index (χ2n) is 0. The first-order valence-electron chi connectivity index (χ1n) is 0. The summed E-state index contributed by atoms with van der Waals surface area (Å²) in [6.07, 6.45) is 0. The molecule has 0 aromatic rings. The van der Waals surface area contributed by atoms with Gasteiger partial charge in [-0.3, -0.25) is 0 Å². The molecule has 80 valence electrons. The van der Waals surface area contributed by atoms with E-state index < -0.39 is 0 Å². The molecule has 0 aliphatic heterocycles. The fourth-order valence-corrected chi connectivity index (χ4v) is 0. The van der Waals surface area contributed by atoms with Crippen LogP contribution < -0.4 is 17.0 Å². The molecule has 0 aromatic heterocycles. The molecule has 0 heterocycles. The van der Waals surface area contributed by atoms with Crippen molar-refractivity contribution in [2.24, 2.45) is 0 Å². The Morgan fingerprint density at radius 3 is 0.273 bits per heavy atom. The summed E-state index contributed by atoms with van der Waals surface area (Å²) in [5, 5.41) is 0. The van der Waals surface area contributed by atoms with Crippen LogP contribution in [0.2, 0.25) is 0 Å². The van der Waals surface area contributed by atoms with Gasteiger partial charge < -0.3 is 66.3 Å². The maximum Gasteiger partial charge on any atom is 3.00 e. The van der Waals surface area contributed by atoms with E-state index in [0.717, 1.165) is 0 Å². The first-order chi connectivity index (χ1) is 0. The quantitative estimate of drug-likeness (QED) is 0.399. The zero-order valence-electron chi connectivity index (χ0n) is 5.46. The molecule has 0 unspecified atom stereocenters. The topological polar surface area (TPSA) is 284 Å². The van der Waals surface area contributed by atoms with Gasteiger partial charge in [0.05, 0.1) is 0 Å². The first kappa shape index (κ1) is 1030. The van der Waals surface area contributed by atoms with Crippen LogP contribution in [0.3, 0.4) is 0 Å². The third-order valence-electron chi connectivity index (χ3n) is 0. The zero-order valence-corrected chi connectivity index (χ0v) is 9.88. The summed E-state index contributed by atoms with van der Waals surface area (Å²) < 4.78 is 0. The molecule has 0 spiro atoms. The Morgan fingerprint density at radius 2 is 0.273 bits per heavy atom. The predicted molar refractivity (Wildman–Crippen MR) is 32.5 cm³/mol. The molecule has 0 saturated carbocycles. The maximum atomic E-state index is 0. The summed E-state index contributed by atoms with van der Waals surface area (Å²) in [5.74, 6) is 0. The third kappa shape index (κ3) is 638. The molecule has 0 aliphatic rings. The molecular formula is H18BrO9Y+2. The van der Waals surface area contributed by atoms with E-state index in [1.807, 2.05) is 0 Å². The molecule has 0 aliphatic carbocycles. The van der Waals surface area contributed by atoms with Crippen molar-refractivity contribution in [2.75, 3.05) is 0 Å². The Hall–Kier alpha value is 1.22. The number of hydrogen-bond acceptors (Lipinski definition) is 0. The molecule has 0 rings (SSSR count). The van der Waals surface area contributed by atoms with Crippen molar-refractivity contribution in [3.05, 3.63) is 0 Å². The number of halogens is 1. The predicted octanol–water partition coefficient (Wildman–Crippen LogP) is -10.4. The average Bonchev–Trinajstić information content (AvgIpc) is 0. The molecule has 18 N–H and O–H groups in total. The van der Waals surface area contributed by atoms with E-state index in [0.29, 0.717) is 0 Å². The van der Waals surface area contributed by atoms with Gasteiger partial charge in [-0.1, -0.05) is 0 Å². The Morgan fingerprint density at radius 1 is 0.273 bits per heavy atom. The van der Waals surface area contributed by atoms with E-state index in [1.54, 1.807) is 0 Å². The van der Waals surface area contributed by atoms with Crippen molar-refractivity contribution < 1.29 is 99.0 Å². The van der Waals surface area contributed by atoms with Gasteiger partial charge in [-0.05, 0) is 0 Å². The Labute approximate surface area is 98.6 Å². The van der Waals surface area contributed by atoms with Crippen LogP contribution in [-0.4, -0.2) is 49.3 Å². The summed E-state index contributed by atoms with van der Waals surface area (Å²) in [4.78, 5) is 0. The van der Waals surface area contributed by atoms with E-state index in [1.165, 1.54) is 0 Å². The van der Waals surface area contributed by atoms with Crippen LogP contribution in [0.25, 0.3) is 0 Å². The van der Waals surface area contributed by atoms with Crippen LogP contribution >= 0.6 is 0 Å². The summed E-state index contributed by atoms with van der Waals surface area (Å²) in [5.41, 5.74) is 0. The van der Waals surface area contributed by atoms with Crippen molar-refractivity contribution in [3.63, 3.8) is 0 Å². The monoisotopic (exact) mass is 330 g/mol. The van der Waals surface area contributed by atoms with E-state index >= 15 is 0 Å². The number of rotatable bonds is 0. The van der Waals surface area contributed by atoms with Crippen LogP contribution in [0.1, 0.15) is 0 Å². The fourth-order valence-electron chi connectivity index (χ4n) is 0. The van der Waals surface area contributed by atoms with Gasteiger partial charge >= 0.3 is 32.7 Å². The zero-order chi connectivity index (χ0) is 0. The van der Waals surface area contributed by atoms with Gasteiger partial charge in [0.15, 0.2) is 0 Å². The SMILES string of the molecule is O.O.O.O.O.O.O.O.O.[Br-].[Y+3]. The van der Waals surface area contributed by atoms with Crippen molar-refractivity contribution >= 4 is 0 Å². The minimum absolute atomic E-state index is 0. The fraction of sp³-hybridized carbons (Fsp3) is 0. The maximum absolute atomic E-state index is 0. The van der Waals surface area contributed by atoms with Crippen LogP contribution in [0.15, 0.2) is 0 Å². The van der Waals surface area contributed by atoms with Crippen LogP contribution in [0.5, 0.6) is 0 Å². The summed E-state index contributed by atoms with van der Waals surface area (Å²) in [7, 11) is 0. The molecule has 0 fully saturated rings. The molecule has 9 nitrogen and oxygen atoms in total. The molecule has 0 amide bonds. The van der Waals surface area contributed by atoms with Gasteiger partial charge in [0, 0.05) is 0 Å². The standard InChI is InChI=1S/BrH.9H2O.Y/h1H;9*1H2;/q;;;;;;;;;;+3/p-1. The minimum atomic E-state index is 0. The van der Waals surface area contributed by atoms with Gasteiger partial charge in [0.1, 0.15) is 0 Å². The van der Waals surface area contributed by atoms with Gasteiger partial charge in [0.2, 0.25) is 0 Å². The van der Waals surface area contributed by atoms with Crippen molar-refractivity contribution in [2.45, 2.75) is 0 Å². The molecule has 11 heteroatoms. The summed E-state index contributed by atoms with van der Waals surface area (Å²) >= 11 is 0. The largest absolute Gasteiger partial charge is 3.00 e. The van der Waals surface area contributed by atoms with Gasteiger partial charge in [-0.25, -0.2) is 0 Å². The van der Waals surface area contributed by atoms with E-state index in [-0.39, 0.29) is 99.0 Å². The second-order valence-corrected chi connectivity index (χ2v) is 0.